The minimum atomic E-state index is -1.04. The summed E-state index contributed by atoms with van der Waals surface area (Å²) >= 11 is 0. The Kier molecular flexibility index (Phi) is 4.53. The summed E-state index contributed by atoms with van der Waals surface area (Å²) in [6, 6.07) is -0.829. The van der Waals surface area contributed by atoms with Crippen LogP contribution in [0.25, 0.3) is 0 Å². The number of nitrogens with zero attached hydrogens (tertiary/aromatic N) is 1. The van der Waals surface area contributed by atoms with E-state index in [2.05, 4.69) is 0 Å². The molecule has 3 atom stereocenters. The fraction of sp³-hybridized carbons (Fsp3) is 0.750. The van der Waals surface area contributed by atoms with Crippen LogP contribution in [0, 0.1) is 5.92 Å². The summed E-state index contributed by atoms with van der Waals surface area (Å²) in [6.45, 7) is 1.95. The first-order valence-corrected chi connectivity index (χ1v) is 8.72. The number of hydrogen-bond donors (Lipinski definition) is 2. The largest absolute Gasteiger partial charge is 0.481 e. The van der Waals surface area contributed by atoms with Gasteiger partial charge in [-0.1, -0.05) is 28.5 Å². The summed E-state index contributed by atoms with van der Waals surface area (Å²) in [7, 11) is 3.37. The lowest BCUT2D eigenvalue weighted by atomic mass is 10.0. The molecule has 2 aliphatic heterocycles. The highest BCUT2D eigenvalue weighted by Gasteiger charge is 2.51. The third-order valence-corrected chi connectivity index (χ3v) is 7.00. The predicted molar refractivity (Wildman–Crippen MR) is 76.6 cm³/mol. The van der Waals surface area contributed by atoms with Crippen LogP contribution in [0.5, 0.6) is 0 Å². The Labute approximate surface area is 124 Å². The highest BCUT2D eigenvalue weighted by atomic mass is 33.1. The standard InChI is InChI=1S/C12H17NO5S2/c1-7(4-9(14)15)10(16)13-6-12(2-3-19-20-12)5-8(13)11(17)18/h7-8H,2-6H2,1H3,(H,14,15)(H,17,18)/t7?,8-,12?/m0/s1. The molecule has 6 nitrogen and oxygen atoms in total. The Morgan fingerprint density at radius 3 is 2.60 bits per heavy atom. The molecule has 2 aliphatic rings. The first-order valence-electron chi connectivity index (χ1n) is 6.40. The zero-order valence-corrected chi connectivity index (χ0v) is 12.7. The summed E-state index contributed by atoms with van der Waals surface area (Å²) in [4.78, 5) is 35.8. The topological polar surface area (TPSA) is 94.9 Å². The Hall–Kier alpha value is -0.890. The molecule has 1 spiro atoms. The fourth-order valence-electron chi connectivity index (χ4n) is 2.71. The van der Waals surface area contributed by atoms with Crippen LogP contribution in [0.15, 0.2) is 0 Å². The van der Waals surface area contributed by atoms with E-state index in [0.29, 0.717) is 13.0 Å². The lowest BCUT2D eigenvalue weighted by Gasteiger charge is -2.25. The van der Waals surface area contributed by atoms with E-state index >= 15 is 0 Å². The average Bonchev–Trinajstić information content (AvgIpc) is 2.96. The molecule has 112 valence electrons. The van der Waals surface area contributed by atoms with Crippen LogP contribution >= 0.6 is 21.6 Å². The zero-order chi connectivity index (χ0) is 14.9. The molecule has 0 aromatic heterocycles. The molecule has 0 aromatic rings. The minimum absolute atomic E-state index is 0.174. The highest BCUT2D eigenvalue weighted by Crippen LogP contribution is 2.53. The van der Waals surface area contributed by atoms with Gasteiger partial charge in [0.05, 0.1) is 6.42 Å². The molecule has 2 fully saturated rings. The van der Waals surface area contributed by atoms with Gasteiger partial charge < -0.3 is 15.1 Å². The minimum Gasteiger partial charge on any atom is -0.481 e. The smallest absolute Gasteiger partial charge is 0.326 e. The number of carboxylic acids is 2. The van der Waals surface area contributed by atoms with Crippen molar-refractivity contribution in [2.24, 2.45) is 5.92 Å². The van der Waals surface area contributed by atoms with E-state index in [1.165, 1.54) is 11.8 Å². The molecule has 0 saturated carbocycles. The first-order chi connectivity index (χ1) is 9.34. The van der Waals surface area contributed by atoms with Crippen molar-refractivity contribution in [1.82, 2.24) is 4.90 Å². The number of carboxylic acid groups (broad SMARTS) is 2. The molecule has 1 amide bonds. The van der Waals surface area contributed by atoms with Crippen molar-refractivity contribution >= 4 is 39.4 Å². The number of aliphatic carboxylic acids is 2. The molecule has 0 aliphatic carbocycles. The van der Waals surface area contributed by atoms with Gasteiger partial charge >= 0.3 is 11.9 Å². The molecule has 2 rings (SSSR count). The monoisotopic (exact) mass is 319 g/mol. The van der Waals surface area contributed by atoms with Crippen LogP contribution in [-0.2, 0) is 14.4 Å². The molecule has 2 N–H and O–H groups in total. The Balaban J connectivity index is 2.13. The van der Waals surface area contributed by atoms with Gasteiger partial charge in [0.15, 0.2) is 0 Å². The third-order valence-electron chi connectivity index (χ3n) is 3.75. The molecule has 20 heavy (non-hydrogen) atoms. The van der Waals surface area contributed by atoms with E-state index in [4.69, 9.17) is 5.11 Å². The van der Waals surface area contributed by atoms with Gasteiger partial charge in [0.2, 0.25) is 5.91 Å². The molecule has 2 heterocycles. The Morgan fingerprint density at radius 1 is 1.40 bits per heavy atom. The molecule has 2 unspecified atom stereocenters. The zero-order valence-electron chi connectivity index (χ0n) is 11.1. The molecule has 2 saturated heterocycles. The van der Waals surface area contributed by atoms with Crippen molar-refractivity contribution in [3.05, 3.63) is 0 Å². The van der Waals surface area contributed by atoms with Crippen molar-refractivity contribution in [3.63, 3.8) is 0 Å². The van der Waals surface area contributed by atoms with Gasteiger partial charge in [0, 0.05) is 23.0 Å². The summed E-state index contributed by atoms with van der Waals surface area (Å²) in [5.41, 5.74) is 0. The Bertz CT molecular complexity index is 436. The lowest BCUT2D eigenvalue weighted by molar-refractivity contribution is -0.151. The number of amides is 1. The first kappa shape index (κ1) is 15.5. The number of carbonyl (C=O) groups is 3. The third kappa shape index (κ3) is 3.06. The number of hydrogen-bond acceptors (Lipinski definition) is 5. The molecular formula is C12H17NO5S2. The maximum absolute atomic E-state index is 12.3. The van der Waals surface area contributed by atoms with Gasteiger partial charge in [-0.15, -0.1) is 0 Å². The van der Waals surface area contributed by atoms with Crippen LogP contribution in [0.3, 0.4) is 0 Å². The molecular weight excluding hydrogens is 302 g/mol. The Morgan fingerprint density at radius 2 is 2.10 bits per heavy atom. The van der Waals surface area contributed by atoms with Crippen LogP contribution < -0.4 is 0 Å². The van der Waals surface area contributed by atoms with Gasteiger partial charge in [-0.3, -0.25) is 9.59 Å². The van der Waals surface area contributed by atoms with Crippen molar-refractivity contribution in [2.75, 3.05) is 12.3 Å². The van der Waals surface area contributed by atoms with E-state index in [0.717, 1.165) is 12.2 Å². The lowest BCUT2D eigenvalue weighted by Crippen LogP contribution is -2.43. The van der Waals surface area contributed by atoms with Crippen molar-refractivity contribution in [3.8, 4) is 0 Å². The van der Waals surface area contributed by atoms with E-state index in [1.54, 1.807) is 21.6 Å². The number of carbonyl (C=O) groups excluding carboxylic acids is 1. The van der Waals surface area contributed by atoms with E-state index < -0.39 is 23.9 Å². The average molecular weight is 319 g/mol. The maximum Gasteiger partial charge on any atom is 0.326 e. The summed E-state index contributed by atoms with van der Waals surface area (Å²) in [5.74, 6) is -2.14. The summed E-state index contributed by atoms with van der Waals surface area (Å²) in [6.07, 6.45) is 1.07. The van der Waals surface area contributed by atoms with Crippen molar-refractivity contribution < 1.29 is 24.6 Å². The second-order valence-electron chi connectivity index (χ2n) is 5.36. The highest BCUT2D eigenvalue weighted by molar-refractivity contribution is 8.77. The van der Waals surface area contributed by atoms with Crippen molar-refractivity contribution in [1.29, 1.82) is 0 Å². The SMILES string of the molecule is CC(CC(=O)O)C(=O)N1CC2(CCSS2)C[C@H]1C(=O)O. The van der Waals surface area contributed by atoms with Crippen LogP contribution in [0.4, 0.5) is 0 Å². The molecule has 8 heteroatoms. The van der Waals surface area contributed by atoms with Crippen LogP contribution in [0.1, 0.15) is 26.2 Å². The van der Waals surface area contributed by atoms with E-state index in [-0.39, 0.29) is 17.1 Å². The number of likely N-dealkylation sites (tertiary alicyclic amines) is 1. The van der Waals surface area contributed by atoms with Crippen LogP contribution in [0.2, 0.25) is 0 Å². The van der Waals surface area contributed by atoms with Gasteiger partial charge in [-0.2, -0.15) is 0 Å². The maximum atomic E-state index is 12.3. The van der Waals surface area contributed by atoms with Gasteiger partial charge in [-0.05, 0) is 12.8 Å². The number of rotatable bonds is 4. The van der Waals surface area contributed by atoms with Gasteiger partial charge in [-0.25, -0.2) is 4.79 Å². The normalized spacial score (nSPS) is 30.6. The predicted octanol–water partition coefficient (Wildman–Crippen LogP) is 1.31. The van der Waals surface area contributed by atoms with Gasteiger partial charge in [0.25, 0.3) is 0 Å². The second-order valence-corrected chi connectivity index (χ2v) is 8.25. The van der Waals surface area contributed by atoms with E-state index in [9.17, 15) is 19.5 Å². The van der Waals surface area contributed by atoms with Crippen LogP contribution in [-0.4, -0.2) is 56.0 Å². The molecule has 0 radical (unpaired) electrons. The van der Waals surface area contributed by atoms with E-state index in [1.807, 2.05) is 0 Å². The summed E-state index contributed by atoms with van der Waals surface area (Å²) in [5, 5.41) is 18.1. The van der Waals surface area contributed by atoms with Crippen molar-refractivity contribution in [2.45, 2.75) is 37.0 Å². The molecule has 0 bridgehead atoms. The van der Waals surface area contributed by atoms with Gasteiger partial charge in [0.1, 0.15) is 6.04 Å². The molecule has 0 aromatic carbocycles. The second kappa shape index (κ2) is 5.85. The quantitative estimate of drug-likeness (QED) is 0.754. The summed E-state index contributed by atoms with van der Waals surface area (Å²) < 4.78 is -0.174. The fourth-order valence-corrected chi connectivity index (χ4v) is 6.11.